The maximum absolute atomic E-state index is 14.7. The molecule has 4 aromatic rings. The van der Waals surface area contributed by atoms with Gasteiger partial charge in [-0.1, -0.05) is 36.4 Å². The summed E-state index contributed by atoms with van der Waals surface area (Å²) in [4.78, 5) is 12.3. The van der Waals surface area contributed by atoms with E-state index in [-0.39, 0.29) is 23.7 Å². The van der Waals surface area contributed by atoms with Gasteiger partial charge in [-0.15, -0.1) is 0 Å². The van der Waals surface area contributed by atoms with Gasteiger partial charge in [0.15, 0.2) is 0 Å². The molecule has 28 heavy (non-hydrogen) atoms. The Morgan fingerprint density at radius 1 is 1.04 bits per heavy atom. The minimum atomic E-state index is -0.338. The van der Waals surface area contributed by atoms with E-state index in [0.717, 1.165) is 16.7 Å². The molecule has 4 rings (SSSR count). The number of nitrogens with one attached hydrogen (secondary N) is 1. The average Bonchev–Trinajstić information content (AvgIpc) is 2.73. The molecular formula is C21H15FN6. The second-order valence-electron chi connectivity index (χ2n) is 6.11. The van der Waals surface area contributed by atoms with Crippen molar-refractivity contribution in [3.63, 3.8) is 0 Å². The zero-order chi connectivity index (χ0) is 19.5. The topological polar surface area (TPSA) is 101 Å². The monoisotopic (exact) mass is 370 g/mol. The molecule has 0 saturated heterocycles. The van der Waals surface area contributed by atoms with E-state index in [1.807, 2.05) is 36.4 Å². The molecule has 0 spiro atoms. The largest absolute Gasteiger partial charge is 0.382 e. The highest BCUT2D eigenvalue weighted by Gasteiger charge is 2.15. The highest BCUT2D eigenvalue weighted by Crippen LogP contribution is 2.33. The number of aromatic nitrogens is 3. The first-order valence-electron chi connectivity index (χ1n) is 8.55. The number of nitrogen functional groups attached to an aromatic ring is 1. The maximum Gasteiger partial charge on any atom is 0.149 e. The molecule has 3 N–H and O–H groups in total. The van der Waals surface area contributed by atoms with Crippen LogP contribution in [0.4, 0.5) is 16.0 Å². The van der Waals surface area contributed by atoms with E-state index in [1.54, 1.807) is 18.3 Å². The van der Waals surface area contributed by atoms with Crippen molar-refractivity contribution in [3.05, 3.63) is 78.0 Å². The fourth-order valence-corrected chi connectivity index (χ4v) is 3.13. The summed E-state index contributed by atoms with van der Waals surface area (Å²) in [6.07, 6.45) is 2.99. The van der Waals surface area contributed by atoms with Crippen LogP contribution in [-0.4, -0.2) is 15.0 Å². The number of nitrogens with two attached hydrogens (primary N) is 1. The molecule has 6 nitrogen and oxygen atoms in total. The van der Waals surface area contributed by atoms with Crippen molar-refractivity contribution in [2.75, 3.05) is 11.1 Å². The first kappa shape index (κ1) is 17.4. The van der Waals surface area contributed by atoms with Gasteiger partial charge in [0, 0.05) is 23.7 Å². The summed E-state index contributed by atoms with van der Waals surface area (Å²) in [6, 6.07) is 16.4. The van der Waals surface area contributed by atoms with E-state index in [2.05, 4.69) is 20.3 Å². The Labute approximate surface area is 160 Å². The number of rotatable bonds is 4. The number of hydrogen-bond donors (Lipinski definition) is 2. The lowest BCUT2D eigenvalue weighted by Gasteiger charge is -2.15. The molecule has 0 aliphatic heterocycles. The lowest BCUT2D eigenvalue weighted by atomic mass is 9.96. The summed E-state index contributed by atoms with van der Waals surface area (Å²) >= 11 is 0. The Morgan fingerprint density at radius 2 is 1.86 bits per heavy atom. The minimum Gasteiger partial charge on any atom is -0.382 e. The number of halogens is 1. The zero-order valence-corrected chi connectivity index (χ0v) is 14.7. The molecule has 2 aromatic carbocycles. The second-order valence-corrected chi connectivity index (χ2v) is 6.11. The van der Waals surface area contributed by atoms with Crippen molar-refractivity contribution in [1.82, 2.24) is 15.0 Å². The van der Waals surface area contributed by atoms with Gasteiger partial charge in [-0.2, -0.15) is 5.26 Å². The molecule has 2 heterocycles. The zero-order valence-electron chi connectivity index (χ0n) is 14.7. The van der Waals surface area contributed by atoms with Crippen LogP contribution in [0, 0.1) is 17.1 Å². The quantitative estimate of drug-likeness (QED) is 0.565. The first-order valence-corrected chi connectivity index (χ1v) is 8.55. The number of pyridine rings is 1. The molecule has 136 valence electrons. The van der Waals surface area contributed by atoms with Gasteiger partial charge in [0.2, 0.25) is 0 Å². The third kappa shape index (κ3) is 3.08. The maximum atomic E-state index is 14.7. The molecule has 0 atom stereocenters. The van der Waals surface area contributed by atoms with Crippen LogP contribution >= 0.6 is 0 Å². The van der Waals surface area contributed by atoms with Gasteiger partial charge in [-0.05, 0) is 23.3 Å². The summed E-state index contributed by atoms with van der Waals surface area (Å²) in [5.41, 5.74) is 8.88. The van der Waals surface area contributed by atoms with Crippen molar-refractivity contribution >= 4 is 22.5 Å². The van der Waals surface area contributed by atoms with Crippen molar-refractivity contribution in [3.8, 4) is 17.2 Å². The molecule has 0 fully saturated rings. The normalized spacial score (nSPS) is 10.6. The van der Waals surface area contributed by atoms with Crippen LogP contribution in [0.15, 0.2) is 61.1 Å². The number of fused-ring (bicyclic) bond motifs is 1. The molecule has 0 saturated carbocycles. The summed E-state index contributed by atoms with van der Waals surface area (Å²) in [5, 5.41) is 12.8. The van der Waals surface area contributed by atoms with Crippen molar-refractivity contribution in [2.24, 2.45) is 0 Å². The third-order valence-corrected chi connectivity index (χ3v) is 4.42. The summed E-state index contributed by atoms with van der Waals surface area (Å²) in [5.74, 6) is 0.0864. The van der Waals surface area contributed by atoms with E-state index in [1.165, 1.54) is 12.4 Å². The second kappa shape index (κ2) is 7.29. The number of anilines is 2. The Balaban J connectivity index is 1.83. The third-order valence-electron chi connectivity index (χ3n) is 4.42. The van der Waals surface area contributed by atoms with Gasteiger partial charge in [-0.3, -0.25) is 4.98 Å². The van der Waals surface area contributed by atoms with Crippen LogP contribution in [0.25, 0.3) is 22.0 Å². The molecule has 7 heteroatoms. The number of nitriles is 1. The highest BCUT2D eigenvalue weighted by molar-refractivity contribution is 5.96. The SMILES string of the molecule is N#Cc1c(N)ncnc1NCc1cnc2cccc(F)c2c1-c1ccccc1. The van der Waals surface area contributed by atoms with E-state index in [4.69, 9.17) is 5.73 Å². The van der Waals surface area contributed by atoms with Crippen LogP contribution < -0.4 is 11.1 Å². The summed E-state index contributed by atoms with van der Waals surface area (Å²) < 4.78 is 14.7. The molecular weight excluding hydrogens is 355 g/mol. The van der Waals surface area contributed by atoms with E-state index >= 15 is 0 Å². The standard InChI is InChI=1S/C21H15FN6/c22-16-7-4-8-17-19(16)18(13-5-2-1-3-6-13)14(10-25-17)11-26-21-15(9-23)20(24)27-12-28-21/h1-8,10,12H,11H2,(H3,24,26,27,28). The molecule has 0 unspecified atom stereocenters. The van der Waals surface area contributed by atoms with Gasteiger partial charge < -0.3 is 11.1 Å². The van der Waals surface area contributed by atoms with Gasteiger partial charge >= 0.3 is 0 Å². The van der Waals surface area contributed by atoms with E-state index in [0.29, 0.717) is 16.7 Å². The van der Waals surface area contributed by atoms with Crippen LogP contribution in [0.3, 0.4) is 0 Å². The van der Waals surface area contributed by atoms with E-state index < -0.39 is 0 Å². The average molecular weight is 370 g/mol. The predicted molar refractivity (Wildman–Crippen MR) is 106 cm³/mol. The molecule has 0 radical (unpaired) electrons. The molecule has 0 aliphatic carbocycles. The predicted octanol–water partition coefficient (Wildman–Crippen LogP) is 3.90. The molecule has 0 aliphatic rings. The lowest BCUT2D eigenvalue weighted by Crippen LogP contribution is -2.08. The highest BCUT2D eigenvalue weighted by atomic mass is 19.1. The van der Waals surface area contributed by atoms with Crippen LogP contribution in [0.5, 0.6) is 0 Å². The smallest absolute Gasteiger partial charge is 0.149 e. The van der Waals surface area contributed by atoms with Crippen molar-refractivity contribution in [2.45, 2.75) is 6.54 Å². The minimum absolute atomic E-state index is 0.103. The Morgan fingerprint density at radius 3 is 2.64 bits per heavy atom. The molecule has 0 amide bonds. The van der Waals surface area contributed by atoms with Crippen molar-refractivity contribution in [1.29, 1.82) is 5.26 Å². The van der Waals surface area contributed by atoms with Gasteiger partial charge in [0.25, 0.3) is 0 Å². The van der Waals surface area contributed by atoms with E-state index in [9.17, 15) is 9.65 Å². The summed E-state index contributed by atoms with van der Waals surface area (Å²) in [6.45, 7) is 0.284. The number of benzene rings is 2. The van der Waals surface area contributed by atoms with Crippen molar-refractivity contribution < 1.29 is 4.39 Å². The number of hydrogen-bond acceptors (Lipinski definition) is 6. The number of nitrogens with zero attached hydrogens (tertiary/aromatic N) is 4. The fraction of sp³-hybridized carbons (Fsp3) is 0.0476. The first-order chi connectivity index (χ1) is 13.7. The van der Waals surface area contributed by atoms with Crippen LogP contribution in [-0.2, 0) is 6.54 Å². The van der Waals surface area contributed by atoms with Crippen LogP contribution in [0.2, 0.25) is 0 Å². The fourth-order valence-electron chi connectivity index (χ4n) is 3.13. The Kier molecular flexibility index (Phi) is 4.52. The van der Waals surface area contributed by atoms with Crippen LogP contribution in [0.1, 0.15) is 11.1 Å². The summed E-state index contributed by atoms with van der Waals surface area (Å²) in [7, 11) is 0. The Bertz CT molecular complexity index is 1200. The molecule has 0 bridgehead atoms. The van der Waals surface area contributed by atoms with Gasteiger partial charge in [0.05, 0.1) is 5.52 Å². The molecule has 2 aromatic heterocycles. The van der Waals surface area contributed by atoms with Gasteiger partial charge in [-0.25, -0.2) is 14.4 Å². The lowest BCUT2D eigenvalue weighted by molar-refractivity contribution is 0.639. The Hall–Kier alpha value is -4.05. The van der Waals surface area contributed by atoms with Gasteiger partial charge in [0.1, 0.15) is 35.4 Å².